The van der Waals surface area contributed by atoms with E-state index in [0.717, 1.165) is 34.8 Å². The van der Waals surface area contributed by atoms with Gasteiger partial charge in [0.1, 0.15) is 5.54 Å². The zero-order valence-electron chi connectivity index (χ0n) is 14.3. The smallest absolute Gasteiger partial charge is 0.322 e. The number of rotatable bonds is 3. The predicted octanol–water partition coefficient (Wildman–Crippen LogP) is 2.42. The Bertz CT molecular complexity index is 837. The highest BCUT2D eigenvalue weighted by Crippen LogP contribution is 2.34. The SMILES string of the molecule is Cc1cc(C)n(-c2ccc(CN3C(=O)NC4(CCSC4)C3=O)cc2)n1. The number of carbonyl (C=O) groups is 2. The van der Waals surface area contributed by atoms with Crippen LogP contribution >= 0.6 is 11.8 Å². The summed E-state index contributed by atoms with van der Waals surface area (Å²) in [4.78, 5) is 26.3. The number of aromatic nitrogens is 2. The molecule has 1 N–H and O–H groups in total. The van der Waals surface area contributed by atoms with E-state index in [9.17, 15) is 9.59 Å². The van der Waals surface area contributed by atoms with E-state index in [0.29, 0.717) is 12.3 Å². The van der Waals surface area contributed by atoms with Crippen LogP contribution in [-0.2, 0) is 11.3 Å². The van der Waals surface area contributed by atoms with Crippen LogP contribution in [0.25, 0.3) is 5.69 Å². The average Bonchev–Trinajstić information content (AvgIpc) is 3.24. The Hall–Kier alpha value is -2.28. The topological polar surface area (TPSA) is 67.2 Å². The van der Waals surface area contributed by atoms with Gasteiger partial charge in [0, 0.05) is 11.4 Å². The first-order valence-corrected chi connectivity index (χ1v) is 9.48. The molecule has 130 valence electrons. The van der Waals surface area contributed by atoms with Crippen LogP contribution in [0.1, 0.15) is 23.4 Å². The number of hydrogen-bond donors (Lipinski definition) is 1. The Morgan fingerprint density at radius 2 is 2.00 bits per heavy atom. The summed E-state index contributed by atoms with van der Waals surface area (Å²) in [5, 5.41) is 7.37. The van der Waals surface area contributed by atoms with E-state index in [1.165, 1.54) is 4.90 Å². The molecular weight excluding hydrogens is 336 g/mol. The summed E-state index contributed by atoms with van der Waals surface area (Å²) < 4.78 is 1.89. The number of nitrogens with one attached hydrogen (secondary N) is 1. The van der Waals surface area contributed by atoms with Crippen molar-refractivity contribution in [3.63, 3.8) is 0 Å². The number of aryl methyl sites for hydroxylation is 2. The summed E-state index contributed by atoms with van der Waals surface area (Å²) in [5.41, 5.74) is 3.26. The molecule has 1 aromatic heterocycles. The fourth-order valence-electron chi connectivity index (χ4n) is 3.47. The fourth-order valence-corrected chi connectivity index (χ4v) is 4.79. The molecule has 2 aliphatic rings. The van der Waals surface area contributed by atoms with Crippen LogP contribution in [0.3, 0.4) is 0 Å². The number of urea groups is 1. The molecule has 2 saturated heterocycles. The molecule has 0 bridgehead atoms. The summed E-state index contributed by atoms with van der Waals surface area (Å²) in [5.74, 6) is 1.49. The molecule has 3 amide bonds. The van der Waals surface area contributed by atoms with Gasteiger partial charge < -0.3 is 5.32 Å². The van der Waals surface area contributed by atoms with Crippen molar-refractivity contribution in [3.8, 4) is 5.69 Å². The standard InChI is InChI=1S/C18H20N4O2S/c1-12-9-13(2)22(20-12)15-5-3-14(4-6-15)10-21-16(23)18(19-17(21)24)7-8-25-11-18/h3-6,9H,7-8,10-11H2,1-2H3,(H,19,24). The molecule has 2 aliphatic heterocycles. The van der Waals surface area contributed by atoms with E-state index >= 15 is 0 Å². The normalized spacial score (nSPS) is 22.9. The van der Waals surface area contributed by atoms with Gasteiger partial charge in [-0.15, -0.1) is 0 Å². The Morgan fingerprint density at radius 1 is 1.24 bits per heavy atom. The van der Waals surface area contributed by atoms with E-state index in [4.69, 9.17) is 0 Å². The van der Waals surface area contributed by atoms with E-state index in [1.807, 2.05) is 48.9 Å². The molecule has 2 fully saturated rings. The Labute approximate surface area is 150 Å². The summed E-state index contributed by atoms with van der Waals surface area (Å²) in [6.45, 7) is 4.28. The summed E-state index contributed by atoms with van der Waals surface area (Å²) in [7, 11) is 0. The third-order valence-corrected chi connectivity index (χ3v) is 5.99. The van der Waals surface area contributed by atoms with E-state index in [2.05, 4.69) is 10.4 Å². The number of thioether (sulfide) groups is 1. The number of nitrogens with zero attached hydrogens (tertiary/aromatic N) is 3. The Kier molecular flexibility index (Phi) is 3.83. The average molecular weight is 356 g/mol. The first-order chi connectivity index (χ1) is 12.0. The largest absolute Gasteiger partial charge is 0.325 e. The second kappa shape index (κ2) is 5.91. The molecular formula is C18H20N4O2S. The minimum atomic E-state index is -0.675. The number of amides is 3. The first kappa shape index (κ1) is 16.2. The van der Waals surface area contributed by atoms with Gasteiger partial charge in [0.2, 0.25) is 0 Å². The molecule has 0 saturated carbocycles. The lowest BCUT2D eigenvalue weighted by Crippen LogP contribution is -2.46. The number of hydrogen-bond acceptors (Lipinski definition) is 4. The molecule has 6 nitrogen and oxygen atoms in total. The zero-order chi connectivity index (χ0) is 17.6. The molecule has 7 heteroatoms. The van der Waals surface area contributed by atoms with Crippen LogP contribution in [0.5, 0.6) is 0 Å². The molecule has 0 aliphatic carbocycles. The van der Waals surface area contributed by atoms with E-state index in [1.54, 1.807) is 11.8 Å². The van der Waals surface area contributed by atoms with Crippen molar-refractivity contribution in [2.45, 2.75) is 32.4 Å². The van der Waals surface area contributed by atoms with Gasteiger partial charge in [0.05, 0.1) is 17.9 Å². The van der Waals surface area contributed by atoms with Gasteiger partial charge in [-0.05, 0) is 49.8 Å². The van der Waals surface area contributed by atoms with Crippen molar-refractivity contribution in [2.24, 2.45) is 0 Å². The van der Waals surface area contributed by atoms with E-state index < -0.39 is 5.54 Å². The van der Waals surface area contributed by atoms with Crippen molar-refractivity contribution < 1.29 is 9.59 Å². The Morgan fingerprint density at radius 3 is 2.60 bits per heavy atom. The monoisotopic (exact) mass is 356 g/mol. The van der Waals surface area contributed by atoms with Crippen LogP contribution in [0, 0.1) is 13.8 Å². The summed E-state index contributed by atoms with van der Waals surface area (Å²) in [6.07, 6.45) is 0.718. The minimum Gasteiger partial charge on any atom is -0.322 e. The third-order valence-electron chi connectivity index (χ3n) is 4.80. The van der Waals surface area contributed by atoms with Gasteiger partial charge in [-0.2, -0.15) is 16.9 Å². The Balaban J connectivity index is 1.53. The van der Waals surface area contributed by atoms with Crippen molar-refractivity contribution in [3.05, 3.63) is 47.3 Å². The highest BCUT2D eigenvalue weighted by atomic mass is 32.2. The van der Waals surface area contributed by atoms with Gasteiger partial charge in [-0.1, -0.05) is 12.1 Å². The van der Waals surface area contributed by atoms with Gasteiger partial charge in [0.15, 0.2) is 0 Å². The highest BCUT2D eigenvalue weighted by molar-refractivity contribution is 7.99. The number of benzene rings is 1. The van der Waals surface area contributed by atoms with Gasteiger partial charge in [-0.3, -0.25) is 9.69 Å². The highest BCUT2D eigenvalue weighted by Gasteiger charge is 2.52. The molecule has 25 heavy (non-hydrogen) atoms. The van der Waals surface area contributed by atoms with Gasteiger partial charge in [0.25, 0.3) is 5.91 Å². The maximum absolute atomic E-state index is 12.7. The maximum Gasteiger partial charge on any atom is 0.325 e. The van der Waals surface area contributed by atoms with Crippen LogP contribution in [0.15, 0.2) is 30.3 Å². The maximum atomic E-state index is 12.7. The molecule has 1 atom stereocenters. The van der Waals surface area contributed by atoms with Gasteiger partial charge in [-0.25, -0.2) is 9.48 Å². The van der Waals surface area contributed by atoms with Crippen molar-refractivity contribution in [2.75, 3.05) is 11.5 Å². The first-order valence-electron chi connectivity index (χ1n) is 8.33. The van der Waals surface area contributed by atoms with Gasteiger partial charge >= 0.3 is 6.03 Å². The second-order valence-corrected chi connectivity index (χ2v) is 7.82. The summed E-state index contributed by atoms with van der Waals surface area (Å²) >= 11 is 1.72. The molecule has 4 rings (SSSR count). The molecule has 0 radical (unpaired) electrons. The number of carbonyl (C=O) groups excluding carboxylic acids is 2. The third kappa shape index (κ3) is 2.72. The quantitative estimate of drug-likeness (QED) is 0.858. The lowest BCUT2D eigenvalue weighted by atomic mass is 9.99. The molecule has 2 aromatic rings. The predicted molar refractivity (Wildman–Crippen MR) is 96.8 cm³/mol. The minimum absolute atomic E-state index is 0.0925. The zero-order valence-corrected chi connectivity index (χ0v) is 15.1. The number of imide groups is 1. The van der Waals surface area contributed by atoms with Crippen molar-refractivity contribution in [1.82, 2.24) is 20.0 Å². The fraction of sp³-hybridized carbons (Fsp3) is 0.389. The summed E-state index contributed by atoms with van der Waals surface area (Å²) in [6, 6.07) is 9.57. The molecule has 1 spiro atoms. The van der Waals surface area contributed by atoms with Crippen LogP contribution < -0.4 is 5.32 Å². The lowest BCUT2D eigenvalue weighted by Gasteiger charge is -2.19. The van der Waals surface area contributed by atoms with Crippen molar-refractivity contribution in [1.29, 1.82) is 0 Å². The van der Waals surface area contributed by atoms with E-state index in [-0.39, 0.29) is 11.9 Å². The molecule has 1 aromatic carbocycles. The second-order valence-electron chi connectivity index (χ2n) is 6.71. The van der Waals surface area contributed by atoms with Crippen LogP contribution in [-0.4, -0.2) is 43.7 Å². The lowest BCUT2D eigenvalue weighted by molar-refractivity contribution is -0.130. The molecule has 1 unspecified atom stereocenters. The van der Waals surface area contributed by atoms with Crippen LogP contribution in [0.4, 0.5) is 4.79 Å². The van der Waals surface area contributed by atoms with Crippen molar-refractivity contribution >= 4 is 23.7 Å². The van der Waals surface area contributed by atoms with Crippen LogP contribution in [0.2, 0.25) is 0 Å². The molecule has 3 heterocycles.